The van der Waals surface area contributed by atoms with Crippen molar-refractivity contribution in [1.29, 1.82) is 0 Å². The second-order valence-electron chi connectivity index (χ2n) is 4.72. The van der Waals surface area contributed by atoms with E-state index in [4.69, 9.17) is 10.5 Å². The summed E-state index contributed by atoms with van der Waals surface area (Å²) >= 11 is 2.08. The van der Waals surface area contributed by atoms with E-state index in [-0.39, 0.29) is 5.75 Å². The Hall–Kier alpha value is -2.09. The van der Waals surface area contributed by atoms with Crippen molar-refractivity contribution in [3.05, 3.63) is 63.5 Å². The fourth-order valence-electron chi connectivity index (χ4n) is 2.04. The highest BCUT2D eigenvalue weighted by Gasteiger charge is 2.12. The number of halogens is 2. The molecule has 0 bridgehead atoms. The molecule has 0 amide bonds. The van der Waals surface area contributed by atoms with E-state index in [1.165, 1.54) is 6.07 Å². The summed E-state index contributed by atoms with van der Waals surface area (Å²) in [7, 11) is 0. The second-order valence-corrected chi connectivity index (χ2v) is 5.80. The van der Waals surface area contributed by atoms with E-state index in [0.29, 0.717) is 23.7 Å². The molecule has 0 saturated carbocycles. The molecule has 22 heavy (non-hydrogen) atoms. The lowest BCUT2D eigenvalue weighted by Gasteiger charge is -2.08. The fraction of sp³-hybridized carbons (Fsp3) is 0.0625. The summed E-state index contributed by atoms with van der Waals surface area (Å²) < 4.78 is 20.5. The molecule has 1 aromatic heterocycles. The minimum atomic E-state index is -0.419. The molecule has 0 atom stereocenters. The van der Waals surface area contributed by atoms with Crippen molar-refractivity contribution in [2.75, 3.05) is 5.73 Å². The van der Waals surface area contributed by atoms with Crippen LogP contribution < -0.4 is 10.5 Å². The van der Waals surface area contributed by atoms with Crippen LogP contribution in [0.15, 0.2) is 48.5 Å². The Labute approximate surface area is 140 Å². The zero-order valence-corrected chi connectivity index (χ0v) is 13.7. The average molecular weight is 409 g/mol. The molecule has 2 aromatic carbocycles. The van der Waals surface area contributed by atoms with Crippen LogP contribution in [0.5, 0.6) is 5.75 Å². The summed E-state index contributed by atoms with van der Waals surface area (Å²) in [6, 6.07) is 14.4. The van der Waals surface area contributed by atoms with Gasteiger partial charge in [0.15, 0.2) is 17.4 Å². The average Bonchev–Trinajstić information content (AvgIpc) is 2.87. The Morgan fingerprint density at radius 2 is 1.95 bits per heavy atom. The molecule has 0 spiro atoms. The summed E-state index contributed by atoms with van der Waals surface area (Å²) in [5, 5.41) is 6.72. The molecule has 3 rings (SSSR count). The van der Waals surface area contributed by atoms with E-state index in [9.17, 15) is 4.39 Å². The summed E-state index contributed by atoms with van der Waals surface area (Å²) in [5.41, 5.74) is 8.06. The molecule has 0 aliphatic rings. The minimum Gasteiger partial charge on any atom is -0.486 e. The minimum absolute atomic E-state index is 0.218. The molecular weight excluding hydrogens is 396 g/mol. The van der Waals surface area contributed by atoms with Gasteiger partial charge in [0, 0.05) is 5.56 Å². The highest BCUT2D eigenvalue weighted by atomic mass is 127. The Morgan fingerprint density at radius 1 is 1.18 bits per heavy atom. The van der Waals surface area contributed by atoms with Gasteiger partial charge in [0.25, 0.3) is 0 Å². The predicted molar refractivity (Wildman–Crippen MR) is 91.9 cm³/mol. The van der Waals surface area contributed by atoms with Crippen LogP contribution in [-0.2, 0) is 6.61 Å². The third kappa shape index (κ3) is 3.06. The third-order valence-electron chi connectivity index (χ3n) is 3.19. The van der Waals surface area contributed by atoms with Gasteiger partial charge in [-0.3, -0.25) is 5.10 Å². The Kier molecular flexibility index (Phi) is 4.28. The Bertz CT molecular complexity index is 789. The maximum Gasteiger partial charge on any atom is 0.165 e. The fourth-order valence-corrected chi connectivity index (χ4v) is 2.59. The maximum atomic E-state index is 14.2. The van der Waals surface area contributed by atoms with Crippen molar-refractivity contribution in [2.24, 2.45) is 0 Å². The number of anilines is 1. The van der Waals surface area contributed by atoms with Gasteiger partial charge in [-0.2, -0.15) is 5.10 Å². The molecular formula is C16H13FIN3O. The Balaban J connectivity index is 1.79. The zero-order valence-electron chi connectivity index (χ0n) is 11.5. The van der Waals surface area contributed by atoms with Crippen molar-refractivity contribution in [2.45, 2.75) is 6.61 Å². The number of nitrogens with two attached hydrogens (primary N) is 1. The van der Waals surface area contributed by atoms with Crippen LogP contribution in [0.25, 0.3) is 11.3 Å². The Morgan fingerprint density at radius 3 is 2.59 bits per heavy atom. The monoisotopic (exact) mass is 409 g/mol. The molecule has 0 saturated heterocycles. The SMILES string of the molecule is Nc1n[nH]c(-c2ccc(OCc3ccccc3)c(F)c2)c1I. The molecule has 6 heteroatoms. The first-order valence-electron chi connectivity index (χ1n) is 6.61. The largest absolute Gasteiger partial charge is 0.486 e. The number of H-pyrrole nitrogens is 1. The van der Waals surface area contributed by atoms with Crippen molar-refractivity contribution in [1.82, 2.24) is 10.2 Å². The van der Waals surface area contributed by atoms with E-state index in [1.807, 2.05) is 30.3 Å². The molecule has 0 aliphatic heterocycles. The van der Waals surface area contributed by atoms with Crippen molar-refractivity contribution in [3.8, 4) is 17.0 Å². The second kappa shape index (κ2) is 6.35. The van der Waals surface area contributed by atoms with Gasteiger partial charge in [-0.05, 0) is 46.4 Å². The molecule has 0 fully saturated rings. The first-order valence-corrected chi connectivity index (χ1v) is 7.69. The number of nitrogens with one attached hydrogen (secondary N) is 1. The van der Waals surface area contributed by atoms with E-state index < -0.39 is 5.82 Å². The lowest BCUT2D eigenvalue weighted by Crippen LogP contribution is -1.97. The standard InChI is InChI=1S/C16H13FIN3O/c17-12-8-11(15-14(18)16(19)21-20-15)6-7-13(12)22-9-10-4-2-1-3-5-10/h1-8H,9H2,(H3,19,20,21). The topological polar surface area (TPSA) is 63.9 Å². The molecule has 1 heterocycles. The van der Waals surface area contributed by atoms with Crippen molar-refractivity contribution < 1.29 is 9.13 Å². The molecule has 3 aromatic rings. The first kappa shape index (κ1) is 14.8. The summed E-state index contributed by atoms with van der Waals surface area (Å²) in [6.45, 7) is 0.325. The highest BCUT2D eigenvalue weighted by molar-refractivity contribution is 14.1. The van der Waals surface area contributed by atoms with Crippen LogP contribution in [0.1, 0.15) is 5.56 Å². The first-order chi connectivity index (χ1) is 10.6. The molecule has 0 radical (unpaired) electrons. The summed E-state index contributed by atoms with van der Waals surface area (Å²) in [6.07, 6.45) is 0. The van der Waals surface area contributed by atoms with Gasteiger partial charge in [-0.1, -0.05) is 30.3 Å². The number of aromatic nitrogens is 2. The van der Waals surface area contributed by atoms with Gasteiger partial charge >= 0.3 is 0 Å². The predicted octanol–water partition coefficient (Wildman–Crippen LogP) is 3.98. The number of rotatable bonds is 4. The van der Waals surface area contributed by atoms with E-state index >= 15 is 0 Å². The van der Waals surface area contributed by atoms with Crippen molar-refractivity contribution >= 4 is 28.4 Å². The van der Waals surface area contributed by atoms with Gasteiger partial charge in [0.1, 0.15) is 6.61 Å². The summed E-state index contributed by atoms with van der Waals surface area (Å²) in [4.78, 5) is 0. The van der Waals surface area contributed by atoms with E-state index in [2.05, 4.69) is 32.8 Å². The number of benzene rings is 2. The lowest BCUT2D eigenvalue weighted by molar-refractivity contribution is 0.290. The number of nitrogen functional groups attached to an aromatic ring is 1. The quantitative estimate of drug-likeness (QED) is 0.641. The number of nitrogens with zero attached hydrogens (tertiary/aromatic N) is 1. The molecule has 0 aliphatic carbocycles. The van der Waals surface area contributed by atoms with Crippen LogP contribution in [0.3, 0.4) is 0 Å². The van der Waals surface area contributed by atoms with Gasteiger partial charge in [-0.15, -0.1) is 0 Å². The number of hydrogen-bond donors (Lipinski definition) is 2. The van der Waals surface area contributed by atoms with Gasteiger partial charge in [0.05, 0.1) is 9.26 Å². The molecule has 112 valence electrons. The van der Waals surface area contributed by atoms with Crippen LogP contribution in [0, 0.1) is 9.39 Å². The third-order valence-corrected chi connectivity index (χ3v) is 4.28. The zero-order chi connectivity index (χ0) is 15.5. The maximum absolute atomic E-state index is 14.2. The van der Waals surface area contributed by atoms with Crippen LogP contribution in [0.2, 0.25) is 0 Å². The molecule has 0 unspecified atom stereocenters. The normalized spacial score (nSPS) is 10.6. The molecule has 4 nitrogen and oxygen atoms in total. The van der Waals surface area contributed by atoms with E-state index in [1.54, 1.807) is 12.1 Å². The number of ether oxygens (including phenoxy) is 1. The van der Waals surface area contributed by atoms with Crippen LogP contribution >= 0.6 is 22.6 Å². The van der Waals surface area contributed by atoms with Crippen molar-refractivity contribution in [3.63, 3.8) is 0 Å². The summed E-state index contributed by atoms with van der Waals surface area (Å²) in [5.74, 6) is 0.202. The van der Waals surface area contributed by atoms with E-state index in [0.717, 1.165) is 9.13 Å². The van der Waals surface area contributed by atoms with Crippen LogP contribution in [-0.4, -0.2) is 10.2 Å². The molecule has 3 N–H and O–H groups in total. The van der Waals surface area contributed by atoms with Gasteiger partial charge in [0.2, 0.25) is 0 Å². The lowest BCUT2D eigenvalue weighted by atomic mass is 10.1. The number of aromatic amines is 1. The van der Waals surface area contributed by atoms with Gasteiger partial charge < -0.3 is 10.5 Å². The van der Waals surface area contributed by atoms with Gasteiger partial charge in [-0.25, -0.2) is 4.39 Å². The smallest absolute Gasteiger partial charge is 0.165 e. The van der Waals surface area contributed by atoms with Crippen LogP contribution in [0.4, 0.5) is 10.2 Å². The highest BCUT2D eigenvalue weighted by Crippen LogP contribution is 2.30. The number of hydrogen-bond acceptors (Lipinski definition) is 3.